The van der Waals surface area contributed by atoms with E-state index in [4.69, 9.17) is 5.73 Å². The van der Waals surface area contributed by atoms with Crippen molar-refractivity contribution in [3.63, 3.8) is 0 Å². The van der Waals surface area contributed by atoms with Gasteiger partial charge in [0.1, 0.15) is 11.7 Å². The van der Waals surface area contributed by atoms with Crippen molar-refractivity contribution in [2.24, 2.45) is 5.92 Å². The summed E-state index contributed by atoms with van der Waals surface area (Å²) in [6.07, 6.45) is 3.43. The Labute approximate surface area is 267 Å². The first-order valence-corrected chi connectivity index (χ1v) is 16.0. The number of benzene rings is 2. The Kier molecular flexibility index (Phi) is 9.17. The zero-order chi connectivity index (χ0) is 32.4. The van der Waals surface area contributed by atoms with Crippen molar-refractivity contribution in [1.29, 1.82) is 0 Å². The van der Waals surface area contributed by atoms with Crippen LogP contribution in [-0.4, -0.2) is 103 Å². The number of nitrogens with zero attached hydrogens (tertiary/aromatic N) is 5. The quantitative estimate of drug-likeness (QED) is 0.114. The molecule has 4 heterocycles. The molecule has 3 saturated heterocycles. The van der Waals surface area contributed by atoms with E-state index in [1.807, 2.05) is 6.07 Å². The number of hydrogen-bond acceptors (Lipinski definition) is 11. The summed E-state index contributed by atoms with van der Waals surface area (Å²) in [5.41, 5.74) is 8.44. The lowest BCUT2D eigenvalue weighted by molar-refractivity contribution is -0.383. The van der Waals surface area contributed by atoms with E-state index in [0.29, 0.717) is 17.0 Å². The van der Waals surface area contributed by atoms with Crippen molar-refractivity contribution in [3.05, 3.63) is 57.6 Å². The average Bonchev–Trinajstić information content (AvgIpc) is 3.29. The third-order valence-electron chi connectivity index (χ3n) is 9.68. The van der Waals surface area contributed by atoms with Crippen LogP contribution in [0.25, 0.3) is 0 Å². The number of rotatable bonds is 10. The topological polar surface area (TPSA) is 174 Å². The minimum Gasteiger partial charge on any atom is -0.393 e. The smallest absolute Gasteiger partial charge is 0.292 e. The van der Waals surface area contributed by atoms with Gasteiger partial charge in [0.2, 0.25) is 11.8 Å². The van der Waals surface area contributed by atoms with Crippen molar-refractivity contribution < 1.29 is 24.1 Å². The molecule has 0 radical (unpaired) electrons. The number of nitro benzene ring substituents is 1. The Bertz CT molecular complexity index is 1530. The molecule has 0 spiro atoms. The molecule has 0 bridgehead atoms. The Hall–Kier alpha value is -4.56. The normalized spacial score (nSPS) is 21.1. The molecule has 0 saturated carbocycles. The SMILES string of the molecule is Nc1cc(N2CCN(CCNCCC3CCN(c4ccc5c(c4)C(=O)N(C4CCC(=O)NC4=O)C5=O)CC3)CC2)ccc1[N+](=O)[O-]. The standard InChI is InChI=1S/C32H40N8O6/c33-26-20-23(2-4-27(26)40(45)46)38-17-15-36(16-18-38)14-11-34-10-7-21-8-12-37(13-9-21)22-1-3-24-25(19-22)32(44)39(31(24)43)28-5-6-29(41)35-30(28)42/h1-4,19-21,28,34H,5-18,33H2,(H,35,41,42). The highest BCUT2D eigenvalue weighted by Gasteiger charge is 2.44. The fraction of sp³-hybridized carbons (Fsp3) is 0.500. The summed E-state index contributed by atoms with van der Waals surface area (Å²) in [5.74, 6) is -1.34. The molecule has 1 atom stereocenters. The van der Waals surface area contributed by atoms with E-state index in [0.717, 1.165) is 94.4 Å². The largest absolute Gasteiger partial charge is 0.393 e. The molecule has 2 aromatic carbocycles. The van der Waals surface area contributed by atoms with Crippen molar-refractivity contribution in [3.8, 4) is 0 Å². The molecule has 46 heavy (non-hydrogen) atoms. The fourth-order valence-electron chi connectivity index (χ4n) is 6.94. The van der Waals surface area contributed by atoms with Crippen LogP contribution in [0.5, 0.6) is 0 Å². The Morgan fingerprint density at radius 1 is 0.848 bits per heavy atom. The maximum Gasteiger partial charge on any atom is 0.292 e. The number of anilines is 3. The lowest BCUT2D eigenvalue weighted by Gasteiger charge is -2.36. The number of amides is 4. The molecule has 6 rings (SSSR count). The minimum atomic E-state index is -0.960. The molecule has 3 fully saturated rings. The molecule has 4 N–H and O–H groups in total. The monoisotopic (exact) mass is 632 g/mol. The molecule has 4 aliphatic rings. The van der Waals surface area contributed by atoms with Crippen LogP contribution in [0.1, 0.15) is 52.8 Å². The average molecular weight is 633 g/mol. The van der Waals surface area contributed by atoms with Gasteiger partial charge >= 0.3 is 0 Å². The van der Waals surface area contributed by atoms with Crippen molar-refractivity contribution in [2.75, 3.05) is 74.4 Å². The van der Waals surface area contributed by atoms with Crippen LogP contribution in [0, 0.1) is 16.0 Å². The summed E-state index contributed by atoms with van der Waals surface area (Å²) >= 11 is 0. The zero-order valence-corrected chi connectivity index (χ0v) is 25.8. The van der Waals surface area contributed by atoms with Gasteiger partial charge in [-0.05, 0) is 68.5 Å². The van der Waals surface area contributed by atoms with Gasteiger partial charge in [-0.2, -0.15) is 0 Å². The van der Waals surface area contributed by atoms with Crippen molar-refractivity contribution in [1.82, 2.24) is 20.4 Å². The summed E-state index contributed by atoms with van der Waals surface area (Å²) in [6.45, 7) is 8.13. The molecule has 0 aliphatic carbocycles. The van der Waals surface area contributed by atoms with Gasteiger partial charge in [0.25, 0.3) is 17.5 Å². The van der Waals surface area contributed by atoms with E-state index in [-0.39, 0.29) is 30.1 Å². The molecular formula is C32H40N8O6. The van der Waals surface area contributed by atoms with E-state index in [9.17, 15) is 29.3 Å². The van der Waals surface area contributed by atoms with Crippen LogP contribution in [-0.2, 0) is 9.59 Å². The molecule has 4 amide bonds. The zero-order valence-electron chi connectivity index (χ0n) is 25.8. The van der Waals surface area contributed by atoms with E-state index in [1.165, 1.54) is 6.07 Å². The molecule has 14 nitrogen and oxygen atoms in total. The van der Waals surface area contributed by atoms with E-state index in [2.05, 4.69) is 25.3 Å². The number of nitrogen functional groups attached to an aromatic ring is 1. The van der Waals surface area contributed by atoms with Crippen LogP contribution in [0.2, 0.25) is 0 Å². The number of nitro groups is 1. The van der Waals surface area contributed by atoms with Gasteiger partial charge in [-0.15, -0.1) is 0 Å². The number of carbonyl (C=O) groups excluding carboxylic acids is 4. The number of carbonyl (C=O) groups is 4. The third kappa shape index (κ3) is 6.53. The van der Waals surface area contributed by atoms with Gasteiger partial charge in [-0.1, -0.05) is 0 Å². The number of nitrogens with one attached hydrogen (secondary N) is 2. The lowest BCUT2D eigenvalue weighted by Crippen LogP contribution is -2.54. The first kappa shape index (κ1) is 31.4. The first-order valence-electron chi connectivity index (χ1n) is 16.0. The number of imide groups is 2. The second kappa shape index (κ2) is 13.4. The van der Waals surface area contributed by atoms with Gasteiger partial charge in [-0.25, -0.2) is 0 Å². The van der Waals surface area contributed by atoms with Gasteiger partial charge in [0.15, 0.2) is 0 Å². The second-order valence-electron chi connectivity index (χ2n) is 12.5. The van der Waals surface area contributed by atoms with Crippen molar-refractivity contribution in [2.45, 2.75) is 38.1 Å². The highest BCUT2D eigenvalue weighted by atomic mass is 16.6. The van der Waals surface area contributed by atoms with E-state index >= 15 is 0 Å². The van der Waals surface area contributed by atoms with Crippen LogP contribution < -0.4 is 26.2 Å². The number of fused-ring (bicyclic) bond motifs is 1. The van der Waals surface area contributed by atoms with E-state index in [1.54, 1.807) is 24.3 Å². The minimum absolute atomic E-state index is 0.0592. The molecule has 14 heteroatoms. The maximum atomic E-state index is 13.2. The third-order valence-corrected chi connectivity index (χ3v) is 9.68. The lowest BCUT2D eigenvalue weighted by atomic mass is 9.93. The Morgan fingerprint density at radius 2 is 1.52 bits per heavy atom. The molecule has 1 unspecified atom stereocenters. The highest BCUT2D eigenvalue weighted by molar-refractivity contribution is 6.23. The van der Waals surface area contributed by atoms with Gasteiger partial charge in [0, 0.05) is 76.2 Å². The van der Waals surface area contributed by atoms with Crippen LogP contribution >= 0.6 is 0 Å². The molecule has 244 valence electrons. The summed E-state index contributed by atoms with van der Waals surface area (Å²) in [4.78, 5) is 68.5. The second-order valence-corrected chi connectivity index (χ2v) is 12.5. The van der Waals surface area contributed by atoms with Crippen LogP contribution in [0.15, 0.2) is 36.4 Å². The molecule has 2 aromatic rings. The van der Waals surface area contributed by atoms with E-state index < -0.39 is 28.7 Å². The van der Waals surface area contributed by atoms with Crippen LogP contribution in [0.3, 0.4) is 0 Å². The number of piperazine rings is 1. The molecular weight excluding hydrogens is 592 g/mol. The van der Waals surface area contributed by atoms with Crippen molar-refractivity contribution >= 4 is 46.4 Å². The number of hydrogen-bond donors (Lipinski definition) is 3. The molecule has 4 aliphatic heterocycles. The first-order chi connectivity index (χ1) is 22.2. The maximum absolute atomic E-state index is 13.2. The number of piperidine rings is 2. The highest BCUT2D eigenvalue weighted by Crippen LogP contribution is 2.33. The predicted molar refractivity (Wildman–Crippen MR) is 172 cm³/mol. The van der Waals surface area contributed by atoms with Gasteiger partial charge in [-0.3, -0.25) is 44.4 Å². The number of nitrogens with two attached hydrogens (primary N) is 1. The Balaban J connectivity index is 0.895. The summed E-state index contributed by atoms with van der Waals surface area (Å²) in [5, 5.41) is 16.9. The summed E-state index contributed by atoms with van der Waals surface area (Å²) < 4.78 is 0. The molecule has 0 aromatic heterocycles. The van der Waals surface area contributed by atoms with Gasteiger partial charge < -0.3 is 20.9 Å². The van der Waals surface area contributed by atoms with Crippen LogP contribution in [0.4, 0.5) is 22.7 Å². The predicted octanol–water partition coefficient (Wildman–Crippen LogP) is 1.60. The summed E-state index contributed by atoms with van der Waals surface area (Å²) in [6, 6.07) is 9.29. The fourth-order valence-corrected chi connectivity index (χ4v) is 6.94. The summed E-state index contributed by atoms with van der Waals surface area (Å²) in [7, 11) is 0. The van der Waals surface area contributed by atoms with Gasteiger partial charge in [0.05, 0.1) is 16.1 Å². The Morgan fingerprint density at radius 3 is 2.22 bits per heavy atom.